The van der Waals surface area contributed by atoms with Gasteiger partial charge in [0.25, 0.3) is 0 Å². The molecule has 44 heavy (non-hydrogen) atoms. The molecule has 0 unspecified atom stereocenters. The van der Waals surface area contributed by atoms with Gasteiger partial charge >= 0.3 is 5.97 Å². The average Bonchev–Trinajstić information content (AvgIpc) is 3.32. The first-order valence-corrected chi connectivity index (χ1v) is 14.5. The molecule has 0 fully saturated rings. The number of carbonyl (C=O) groups is 1. The van der Waals surface area contributed by atoms with E-state index < -0.39 is 5.97 Å². The summed E-state index contributed by atoms with van der Waals surface area (Å²) in [6.45, 7) is 4.75. The minimum atomic E-state index is -0.863. The highest BCUT2D eigenvalue weighted by Crippen LogP contribution is 2.30. The van der Waals surface area contributed by atoms with E-state index in [4.69, 9.17) is 23.9 Å². The van der Waals surface area contributed by atoms with Crippen molar-refractivity contribution in [3.05, 3.63) is 102 Å². The van der Waals surface area contributed by atoms with Gasteiger partial charge in [0, 0.05) is 43.4 Å². The Hall–Kier alpha value is -5.18. The van der Waals surface area contributed by atoms with E-state index in [0.717, 1.165) is 45.2 Å². The van der Waals surface area contributed by atoms with Gasteiger partial charge in [-0.1, -0.05) is 24.3 Å². The lowest BCUT2D eigenvalue weighted by Crippen LogP contribution is -2.09. The number of fused-ring (bicyclic) bond motifs is 1. The number of carboxylic acids is 1. The summed E-state index contributed by atoms with van der Waals surface area (Å²) in [5.41, 5.74) is 4.52. The van der Waals surface area contributed by atoms with Crippen molar-refractivity contribution in [1.82, 2.24) is 9.55 Å². The van der Waals surface area contributed by atoms with Gasteiger partial charge in [0.05, 0.1) is 18.1 Å². The van der Waals surface area contributed by atoms with Crippen LogP contribution in [0.25, 0.3) is 11.0 Å². The Morgan fingerprint density at radius 2 is 1.64 bits per heavy atom. The number of hydrogen-bond donors (Lipinski definition) is 2. The number of nitrogens with one attached hydrogen (secondary N) is 1. The van der Waals surface area contributed by atoms with Crippen molar-refractivity contribution in [2.45, 2.75) is 45.9 Å². The summed E-state index contributed by atoms with van der Waals surface area (Å²) >= 11 is 0. The zero-order chi connectivity index (χ0) is 31.1. The van der Waals surface area contributed by atoms with Gasteiger partial charge in [0.15, 0.2) is 0 Å². The van der Waals surface area contributed by atoms with Crippen LogP contribution in [-0.4, -0.2) is 33.8 Å². The van der Waals surface area contributed by atoms with E-state index in [-0.39, 0.29) is 13.0 Å². The van der Waals surface area contributed by atoms with Gasteiger partial charge in [0.2, 0.25) is 0 Å². The minimum Gasteiger partial charge on any atom is -0.497 e. The van der Waals surface area contributed by atoms with Crippen molar-refractivity contribution in [2.75, 3.05) is 12.4 Å². The van der Waals surface area contributed by atoms with Crippen LogP contribution in [0.2, 0.25) is 0 Å². The SMILES string of the molecule is COc1ccc(COc2cc(OCc3nc4ccc(Oc5cccc(NC(C)C)c5)cc4n3C)ccc2CCC(=O)O)cc1. The Bertz CT molecular complexity index is 1730. The quantitative estimate of drug-likeness (QED) is 0.137. The van der Waals surface area contributed by atoms with E-state index in [9.17, 15) is 9.90 Å². The van der Waals surface area contributed by atoms with E-state index in [2.05, 4.69) is 19.2 Å². The zero-order valence-corrected chi connectivity index (χ0v) is 25.4. The molecule has 1 heterocycles. The summed E-state index contributed by atoms with van der Waals surface area (Å²) < 4.78 is 25.6. The zero-order valence-electron chi connectivity index (χ0n) is 25.4. The first-order chi connectivity index (χ1) is 21.3. The molecular formula is C35H37N3O6. The Morgan fingerprint density at radius 1 is 0.886 bits per heavy atom. The molecule has 9 nitrogen and oxygen atoms in total. The number of carboxylic acid groups (broad SMARTS) is 1. The number of aromatic nitrogens is 2. The van der Waals surface area contributed by atoms with Gasteiger partial charge in [0.1, 0.15) is 47.8 Å². The molecule has 0 aliphatic carbocycles. The summed E-state index contributed by atoms with van der Waals surface area (Å²) in [6, 6.07) is 27.1. The summed E-state index contributed by atoms with van der Waals surface area (Å²) in [6.07, 6.45) is 0.353. The van der Waals surface area contributed by atoms with E-state index in [1.165, 1.54) is 0 Å². The summed E-state index contributed by atoms with van der Waals surface area (Å²) in [4.78, 5) is 16.0. The monoisotopic (exact) mass is 595 g/mol. The maximum Gasteiger partial charge on any atom is 0.303 e. The molecule has 4 aromatic carbocycles. The summed E-state index contributed by atoms with van der Waals surface area (Å²) in [7, 11) is 3.57. The molecular weight excluding hydrogens is 558 g/mol. The molecule has 1 aromatic heterocycles. The molecule has 9 heteroatoms. The molecule has 5 rings (SSSR count). The van der Waals surface area contributed by atoms with Gasteiger partial charge in [-0.3, -0.25) is 4.79 Å². The minimum absolute atomic E-state index is 0.00489. The fourth-order valence-electron chi connectivity index (χ4n) is 4.77. The summed E-state index contributed by atoms with van der Waals surface area (Å²) in [5.74, 6) is 3.29. The van der Waals surface area contributed by atoms with Crippen molar-refractivity contribution in [3.8, 4) is 28.7 Å². The Morgan fingerprint density at radius 3 is 2.39 bits per heavy atom. The van der Waals surface area contributed by atoms with E-state index in [1.54, 1.807) is 13.2 Å². The van der Waals surface area contributed by atoms with Crippen molar-refractivity contribution in [3.63, 3.8) is 0 Å². The number of aryl methyl sites for hydroxylation is 2. The number of ether oxygens (including phenoxy) is 4. The number of imidazole rings is 1. The van der Waals surface area contributed by atoms with Crippen molar-refractivity contribution < 1.29 is 28.8 Å². The molecule has 0 spiro atoms. The van der Waals surface area contributed by atoms with Crippen LogP contribution in [-0.2, 0) is 31.5 Å². The van der Waals surface area contributed by atoms with Gasteiger partial charge in [-0.05, 0) is 73.9 Å². The molecule has 2 N–H and O–H groups in total. The van der Waals surface area contributed by atoms with Crippen LogP contribution in [0.15, 0.2) is 84.9 Å². The number of hydrogen-bond acceptors (Lipinski definition) is 7. The molecule has 0 saturated heterocycles. The highest BCUT2D eigenvalue weighted by molar-refractivity contribution is 5.78. The van der Waals surface area contributed by atoms with Gasteiger partial charge < -0.3 is 33.9 Å². The third-order valence-corrected chi connectivity index (χ3v) is 7.04. The van der Waals surface area contributed by atoms with Crippen LogP contribution in [0, 0.1) is 0 Å². The summed E-state index contributed by atoms with van der Waals surface area (Å²) in [5, 5.41) is 12.6. The topological polar surface area (TPSA) is 104 Å². The van der Waals surface area contributed by atoms with Crippen LogP contribution in [0.5, 0.6) is 28.7 Å². The van der Waals surface area contributed by atoms with Crippen LogP contribution in [0.1, 0.15) is 37.2 Å². The van der Waals surface area contributed by atoms with Crippen molar-refractivity contribution in [2.24, 2.45) is 7.05 Å². The normalized spacial score (nSPS) is 11.0. The van der Waals surface area contributed by atoms with Crippen LogP contribution in [0.4, 0.5) is 5.69 Å². The molecule has 0 amide bonds. The third kappa shape index (κ3) is 7.80. The molecule has 0 aliphatic heterocycles. The highest BCUT2D eigenvalue weighted by Gasteiger charge is 2.13. The fraction of sp³-hybridized carbons (Fsp3) is 0.257. The molecule has 228 valence electrons. The predicted octanol–water partition coefficient (Wildman–Crippen LogP) is 7.37. The van der Waals surface area contributed by atoms with Gasteiger partial charge in [-0.25, -0.2) is 4.98 Å². The Kier molecular flexibility index (Phi) is 9.54. The van der Waals surface area contributed by atoms with E-state index in [1.807, 2.05) is 90.5 Å². The first kappa shape index (κ1) is 30.3. The average molecular weight is 596 g/mol. The van der Waals surface area contributed by atoms with E-state index >= 15 is 0 Å². The van der Waals surface area contributed by atoms with Gasteiger partial charge in [-0.2, -0.15) is 0 Å². The smallest absolute Gasteiger partial charge is 0.303 e. The number of nitrogens with zero attached hydrogens (tertiary/aromatic N) is 2. The number of benzene rings is 4. The highest BCUT2D eigenvalue weighted by atomic mass is 16.5. The second-order valence-corrected chi connectivity index (χ2v) is 10.8. The Balaban J connectivity index is 1.29. The maximum absolute atomic E-state index is 11.2. The molecule has 0 atom stereocenters. The molecule has 0 saturated carbocycles. The first-order valence-electron chi connectivity index (χ1n) is 14.5. The second-order valence-electron chi connectivity index (χ2n) is 10.8. The van der Waals surface area contributed by atoms with Crippen LogP contribution < -0.4 is 24.3 Å². The molecule has 0 bridgehead atoms. The van der Waals surface area contributed by atoms with Crippen molar-refractivity contribution >= 4 is 22.7 Å². The second kappa shape index (κ2) is 13.9. The number of aliphatic carboxylic acids is 1. The number of rotatable bonds is 14. The van der Waals surface area contributed by atoms with Crippen LogP contribution in [0.3, 0.4) is 0 Å². The van der Waals surface area contributed by atoms with Crippen molar-refractivity contribution in [1.29, 1.82) is 0 Å². The predicted molar refractivity (Wildman–Crippen MR) is 170 cm³/mol. The molecule has 0 aliphatic rings. The lowest BCUT2D eigenvalue weighted by Gasteiger charge is -2.14. The van der Waals surface area contributed by atoms with Crippen LogP contribution >= 0.6 is 0 Å². The van der Waals surface area contributed by atoms with Gasteiger partial charge in [-0.15, -0.1) is 0 Å². The lowest BCUT2D eigenvalue weighted by molar-refractivity contribution is -0.136. The maximum atomic E-state index is 11.2. The number of methoxy groups -OCH3 is 1. The Labute approximate surface area is 257 Å². The van der Waals surface area contributed by atoms with E-state index in [0.29, 0.717) is 36.3 Å². The molecule has 5 aromatic rings. The standard InChI is InChI=1S/C35H37N3O6/c1-23(2)36-26-6-5-7-29(18-26)44-30-15-16-31-32(19-30)38(3)34(37-31)22-42-28-14-10-25(11-17-35(39)40)33(20-28)43-21-24-8-12-27(41-4)13-9-24/h5-10,12-16,18-20,23,36H,11,17,21-22H2,1-4H3,(H,39,40). The fourth-order valence-corrected chi connectivity index (χ4v) is 4.77. The lowest BCUT2D eigenvalue weighted by atomic mass is 10.1. The molecule has 0 radical (unpaired) electrons. The number of anilines is 1. The largest absolute Gasteiger partial charge is 0.497 e. The third-order valence-electron chi connectivity index (χ3n) is 7.04.